The van der Waals surface area contributed by atoms with Gasteiger partial charge in [0.1, 0.15) is 0 Å². The van der Waals surface area contributed by atoms with E-state index in [-0.39, 0.29) is 10.6 Å². The molecule has 1 N–H and O–H groups in total. The molecule has 0 saturated heterocycles. The third-order valence-electron chi connectivity index (χ3n) is 3.34. The molecule has 0 heterocycles. The molecule has 2 aromatic carbocycles. The van der Waals surface area contributed by atoms with E-state index in [1.807, 2.05) is 6.92 Å². The largest absolute Gasteiger partial charge is 0.269 e. The fraction of sp³-hybridized carbons (Fsp3) is 0.200. The van der Waals surface area contributed by atoms with Crippen LogP contribution in [0.1, 0.15) is 24.9 Å². The van der Waals surface area contributed by atoms with Gasteiger partial charge in [0.15, 0.2) is 0 Å². The molecule has 0 radical (unpaired) electrons. The van der Waals surface area contributed by atoms with Crippen LogP contribution < -0.4 is 4.72 Å². The Bertz CT molecular complexity index is 789. The molecule has 0 aromatic heterocycles. The molecule has 122 valence electrons. The van der Waals surface area contributed by atoms with Crippen molar-refractivity contribution >= 4 is 27.3 Å². The highest BCUT2D eigenvalue weighted by Gasteiger charge is 2.21. The molecule has 2 rings (SSSR count). The summed E-state index contributed by atoms with van der Waals surface area (Å²) in [6, 6.07) is 11.3. The van der Waals surface area contributed by atoms with E-state index in [0.29, 0.717) is 11.4 Å². The van der Waals surface area contributed by atoms with E-state index in [1.54, 1.807) is 24.3 Å². The second kappa shape index (κ2) is 7.08. The average Bonchev–Trinajstić information content (AvgIpc) is 2.53. The lowest BCUT2D eigenvalue weighted by molar-refractivity contribution is -0.384. The van der Waals surface area contributed by atoms with Crippen LogP contribution in [0.25, 0.3) is 0 Å². The number of nitro benzene ring substituents is 1. The Morgan fingerprint density at radius 3 is 2.17 bits per heavy atom. The molecule has 0 spiro atoms. The number of nitrogens with one attached hydrogen (secondary N) is 1. The van der Waals surface area contributed by atoms with Gasteiger partial charge in [-0.25, -0.2) is 13.1 Å². The summed E-state index contributed by atoms with van der Waals surface area (Å²) in [5.41, 5.74) is 0.635. The van der Waals surface area contributed by atoms with Crippen LogP contribution in [0.2, 0.25) is 5.02 Å². The molecular formula is C15H15ClN2O4S. The molecule has 8 heteroatoms. The quantitative estimate of drug-likeness (QED) is 0.633. The second-order valence-corrected chi connectivity index (χ2v) is 7.04. The zero-order chi connectivity index (χ0) is 17.0. The maximum Gasteiger partial charge on any atom is 0.269 e. The van der Waals surface area contributed by atoms with Crippen LogP contribution in [-0.4, -0.2) is 13.3 Å². The fourth-order valence-corrected chi connectivity index (χ4v) is 3.52. The number of hydrogen-bond acceptors (Lipinski definition) is 4. The molecule has 0 fully saturated rings. The van der Waals surface area contributed by atoms with Gasteiger partial charge in [-0.3, -0.25) is 10.1 Å². The van der Waals surface area contributed by atoms with Crippen LogP contribution in [0, 0.1) is 10.1 Å². The van der Waals surface area contributed by atoms with Gasteiger partial charge >= 0.3 is 0 Å². The first kappa shape index (κ1) is 17.4. The Morgan fingerprint density at radius 2 is 1.70 bits per heavy atom. The van der Waals surface area contributed by atoms with Crippen LogP contribution in [0.3, 0.4) is 0 Å². The Morgan fingerprint density at radius 1 is 1.13 bits per heavy atom. The molecular weight excluding hydrogens is 340 g/mol. The summed E-state index contributed by atoms with van der Waals surface area (Å²) in [7, 11) is -3.78. The van der Waals surface area contributed by atoms with E-state index < -0.39 is 21.0 Å². The van der Waals surface area contributed by atoms with Crippen molar-refractivity contribution in [2.45, 2.75) is 24.3 Å². The molecule has 0 aliphatic rings. The van der Waals surface area contributed by atoms with Gasteiger partial charge in [0.05, 0.1) is 9.82 Å². The molecule has 6 nitrogen and oxygen atoms in total. The summed E-state index contributed by atoms with van der Waals surface area (Å²) in [6.07, 6.45) is 0.549. The van der Waals surface area contributed by atoms with E-state index in [4.69, 9.17) is 11.6 Å². The minimum Gasteiger partial charge on any atom is -0.258 e. The number of halogens is 1. The molecule has 0 amide bonds. The van der Waals surface area contributed by atoms with E-state index in [0.717, 1.165) is 17.7 Å². The lowest BCUT2D eigenvalue weighted by Gasteiger charge is -2.17. The number of non-ortho nitro benzene ring substituents is 1. The van der Waals surface area contributed by atoms with Gasteiger partial charge in [-0.15, -0.1) is 0 Å². The Labute approximate surface area is 139 Å². The average molecular weight is 355 g/mol. The van der Waals surface area contributed by atoms with Gasteiger partial charge in [-0.2, -0.15) is 0 Å². The van der Waals surface area contributed by atoms with Gasteiger partial charge in [0.25, 0.3) is 5.69 Å². The molecule has 23 heavy (non-hydrogen) atoms. The van der Waals surface area contributed by atoms with Crippen molar-refractivity contribution < 1.29 is 13.3 Å². The van der Waals surface area contributed by atoms with Crippen molar-refractivity contribution in [1.82, 2.24) is 4.72 Å². The predicted octanol–water partition coefficient (Wildman–Crippen LogP) is 3.68. The van der Waals surface area contributed by atoms with Crippen LogP contribution >= 0.6 is 11.6 Å². The first-order valence-electron chi connectivity index (χ1n) is 6.85. The minimum atomic E-state index is -3.78. The summed E-state index contributed by atoms with van der Waals surface area (Å²) in [6.45, 7) is 1.86. The molecule has 0 unspecified atom stereocenters. The van der Waals surface area contributed by atoms with Gasteiger partial charge < -0.3 is 0 Å². The molecule has 0 aliphatic heterocycles. The number of rotatable bonds is 6. The number of nitro groups is 1. The number of sulfonamides is 1. The summed E-state index contributed by atoms with van der Waals surface area (Å²) < 4.78 is 27.4. The highest BCUT2D eigenvalue weighted by Crippen LogP contribution is 2.23. The molecule has 0 saturated carbocycles. The van der Waals surface area contributed by atoms with Crippen molar-refractivity contribution in [3.05, 3.63) is 69.2 Å². The zero-order valence-corrected chi connectivity index (χ0v) is 13.8. The summed E-state index contributed by atoms with van der Waals surface area (Å²) in [5, 5.41) is 11.2. The van der Waals surface area contributed by atoms with Gasteiger partial charge in [0, 0.05) is 23.2 Å². The van der Waals surface area contributed by atoms with E-state index in [1.165, 1.54) is 12.1 Å². The van der Waals surface area contributed by atoms with E-state index in [2.05, 4.69) is 4.72 Å². The lowest BCUT2D eigenvalue weighted by atomic mass is 10.1. The second-order valence-electron chi connectivity index (χ2n) is 4.88. The maximum absolute atomic E-state index is 12.4. The normalized spacial score (nSPS) is 12.8. The topological polar surface area (TPSA) is 89.3 Å². The summed E-state index contributed by atoms with van der Waals surface area (Å²) in [4.78, 5) is 10.0. The van der Waals surface area contributed by atoms with Crippen molar-refractivity contribution in [3.63, 3.8) is 0 Å². The number of benzene rings is 2. The van der Waals surface area contributed by atoms with Gasteiger partial charge in [0.2, 0.25) is 10.0 Å². The monoisotopic (exact) mass is 354 g/mol. The molecule has 2 aromatic rings. The Kier molecular flexibility index (Phi) is 5.35. The van der Waals surface area contributed by atoms with Crippen LogP contribution in [0.4, 0.5) is 5.69 Å². The smallest absolute Gasteiger partial charge is 0.258 e. The molecule has 0 bridgehead atoms. The standard InChI is InChI=1S/C15H15ClN2O4S/c1-2-15(11-3-5-12(16)6-4-11)17-23(21,22)14-9-7-13(8-10-14)18(19)20/h3-10,15,17H,2H2,1H3/t15-/m0/s1. The molecule has 0 aliphatic carbocycles. The van der Waals surface area contributed by atoms with Crippen LogP contribution in [0.15, 0.2) is 53.4 Å². The predicted molar refractivity (Wildman–Crippen MR) is 87.9 cm³/mol. The minimum absolute atomic E-state index is 0.0180. The SMILES string of the molecule is CC[C@H](NS(=O)(=O)c1ccc([N+](=O)[O-])cc1)c1ccc(Cl)cc1. The zero-order valence-electron chi connectivity index (χ0n) is 12.3. The highest BCUT2D eigenvalue weighted by molar-refractivity contribution is 7.89. The van der Waals surface area contributed by atoms with Crippen molar-refractivity contribution in [2.24, 2.45) is 0 Å². The number of hydrogen-bond donors (Lipinski definition) is 1. The van der Waals surface area contributed by atoms with Crippen LogP contribution in [0.5, 0.6) is 0 Å². The first-order valence-corrected chi connectivity index (χ1v) is 8.72. The fourth-order valence-electron chi connectivity index (χ4n) is 2.08. The summed E-state index contributed by atoms with van der Waals surface area (Å²) in [5.74, 6) is 0. The van der Waals surface area contributed by atoms with E-state index >= 15 is 0 Å². The maximum atomic E-state index is 12.4. The van der Waals surface area contributed by atoms with Crippen LogP contribution in [-0.2, 0) is 10.0 Å². The van der Waals surface area contributed by atoms with Crippen molar-refractivity contribution in [1.29, 1.82) is 0 Å². The molecule has 1 atom stereocenters. The summed E-state index contributed by atoms with van der Waals surface area (Å²) >= 11 is 5.84. The first-order chi connectivity index (χ1) is 10.8. The third kappa shape index (κ3) is 4.28. The van der Waals surface area contributed by atoms with Crippen molar-refractivity contribution in [2.75, 3.05) is 0 Å². The Hall–Kier alpha value is -1.96. The third-order valence-corrected chi connectivity index (χ3v) is 5.08. The van der Waals surface area contributed by atoms with Gasteiger partial charge in [-0.1, -0.05) is 30.7 Å². The van der Waals surface area contributed by atoms with E-state index in [9.17, 15) is 18.5 Å². The lowest BCUT2D eigenvalue weighted by Crippen LogP contribution is -2.28. The van der Waals surface area contributed by atoms with Crippen molar-refractivity contribution in [3.8, 4) is 0 Å². The Balaban J connectivity index is 2.24. The number of nitrogens with zero attached hydrogens (tertiary/aromatic N) is 1. The van der Waals surface area contributed by atoms with Gasteiger partial charge in [-0.05, 0) is 36.2 Å². The highest BCUT2D eigenvalue weighted by atomic mass is 35.5.